The second kappa shape index (κ2) is 6.25. The average Bonchev–Trinajstić information content (AvgIpc) is 2.26. The lowest BCUT2D eigenvalue weighted by molar-refractivity contribution is -0.384. The average molecular weight is 242 g/mol. The third-order valence-corrected chi connectivity index (χ3v) is 2.33. The molecule has 0 saturated heterocycles. The van der Waals surface area contributed by atoms with Crippen molar-refractivity contribution in [2.45, 2.75) is 13.0 Å². The Balaban J connectivity index is 2.66. The monoisotopic (exact) mass is 241 g/mol. The number of nitro groups is 1. The van der Waals surface area contributed by atoms with Gasteiger partial charge in [0, 0.05) is 22.7 Å². The Kier molecular flexibility index (Phi) is 4.95. The maximum Gasteiger partial charge on any atom is 0.269 e. The fourth-order valence-electron chi connectivity index (χ4n) is 1.13. The highest BCUT2D eigenvalue weighted by molar-refractivity contribution is 6.31. The highest BCUT2D eigenvalue weighted by atomic mass is 35.5. The minimum absolute atomic E-state index is 0.0201. The zero-order valence-electron chi connectivity index (χ0n) is 8.69. The molecule has 0 aliphatic heterocycles. The van der Waals surface area contributed by atoms with Gasteiger partial charge in [-0.05, 0) is 12.5 Å². The molecule has 0 fully saturated rings. The topological polar surface area (TPSA) is 52.4 Å². The Bertz CT molecular complexity index is 393. The molecule has 0 saturated carbocycles. The molecule has 0 spiro atoms. The lowest BCUT2D eigenvalue weighted by Gasteiger charge is -2.04. The zero-order chi connectivity index (χ0) is 12.0. The zero-order valence-corrected chi connectivity index (χ0v) is 9.44. The van der Waals surface area contributed by atoms with Crippen molar-refractivity contribution in [3.63, 3.8) is 0 Å². The Labute approximate surface area is 98.6 Å². The van der Waals surface area contributed by atoms with E-state index in [-0.39, 0.29) is 12.3 Å². The number of hydrogen-bond donors (Lipinski definition) is 0. The van der Waals surface area contributed by atoms with E-state index < -0.39 is 4.92 Å². The van der Waals surface area contributed by atoms with Gasteiger partial charge in [-0.2, -0.15) is 0 Å². The Morgan fingerprint density at radius 2 is 2.31 bits per heavy atom. The molecule has 0 heterocycles. The van der Waals surface area contributed by atoms with Gasteiger partial charge in [-0.15, -0.1) is 6.58 Å². The van der Waals surface area contributed by atoms with E-state index in [1.165, 1.54) is 18.2 Å². The van der Waals surface area contributed by atoms with Gasteiger partial charge in [-0.1, -0.05) is 17.7 Å². The van der Waals surface area contributed by atoms with E-state index in [1.807, 2.05) is 0 Å². The number of benzene rings is 1. The first-order chi connectivity index (χ1) is 7.65. The highest BCUT2D eigenvalue weighted by Crippen LogP contribution is 2.22. The van der Waals surface area contributed by atoms with Crippen molar-refractivity contribution in [3.8, 4) is 0 Å². The lowest BCUT2D eigenvalue weighted by Crippen LogP contribution is -1.97. The molecule has 0 atom stereocenters. The number of ether oxygens (including phenoxy) is 1. The first-order valence-corrected chi connectivity index (χ1v) is 5.14. The molecule has 0 aliphatic carbocycles. The summed E-state index contributed by atoms with van der Waals surface area (Å²) in [4.78, 5) is 10.1. The van der Waals surface area contributed by atoms with Gasteiger partial charge in [-0.25, -0.2) is 0 Å². The van der Waals surface area contributed by atoms with Crippen LogP contribution in [0.15, 0.2) is 30.9 Å². The van der Waals surface area contributed by atoms with Crippen LogP contribution < -0.4 is 0 Å². The summed E-state index contributed by atoms with van der Waals surface area (Å²) in [6, 6.07) is 4.30. The largest absolute Gasteiger partial charge is 0.376 e. The van der Waals surface area contributed by atoms with Crippen LogP contribution >= 0.6 is 11.6 Å². The van der Waals surface area contributed by atoms with Crippen molar-refractivity contribution in [3.05, 3.63) is 51.6 Å². The third-order valence-electron chi connectivity index (χ3n) is 1.96. The number of rotatable bonds is 6. The molecule has 0 radical (unpaired) electrons. The molecule has 1 rings (SSSR count). The summed E-state index contributed by atoms with van der Waals surface area (Å²) in [5, 5.41) is 11.0. The van der Waals surface area contributed by atoms with Gasteiger partial charge >= 0.3 is 0 Å². The van der Waals surface area contributed by atoms with E-state index in [9.17, 15) is 10.1 Å². The maximum absolute atomic E-state index is 10.5. The molecular formula is C11H12ClNO3. The van der Waals surface area contributed by atoms with E-state index >= 15 is 0 Å². The van der Waals surface area contributed by atoms with Crippen LogP contribution in [0.25, 0.3) is 0 Å². The van der Waals surface area contributed by atoms with Crippen molar-refractivity contribution >= 4 is 17.3 Å². The minimum atomic E-state index is -0.455. The highest BCUT2D eigenvalue weighted by Gasteiger charge is 2.09. The summed E-state index contributed by atoms with van der Waals surface area (Å²) in [5.41, 5.74) is 0.645. The lowest BCUT2D eigenvalue weighted by atomic mass is 10.2. The van der Waals surface area contributed by atoms with E-state index in [4.69, 9.17) is 16.3 Å². The molecule has 5 heteroatoms. The molecule has 16 heavy (non-hydrogen) atoms. The molecule has 0 amide bonds. The standard InChI is InChI=1S/C11H12ClNO3/c1-2-3-6-16-8-9-7-10(13(14)15)4-5-11(9)12/h2,4-5,7H,1,3,6,8H2. The van der Waals surface area contributed by atoms with Crippen LogP contribution in [0.2, 0.25) is 5.02 Å². The van der Waals surface area contributed by atoms with E-state index in [2.05, 4.69) is 6.58 Å². The van der Waals surface area contributed by atoms with Gasteiger partial charge in [0.1, 0.15) is 0 Å². The third kappa shape index (κ3) is 3.64. The van der Waals surface area contributed by atoms with Crippen LogP contribution in [-0.2, 0) is 11.3 Å². The Morgan fingerprint density at radius 1 is 1.56 bits per heavy atom. The first kappa shape index (κ1) is 12.7. The molecule has 1 aromatic rings. The van der Waals surface area contributed by atoms with Crippen molar-refractivity contribution in [1.82, 2.24) is 0 Å². The quantitative estimate of drug-likeness (QED) is 0.332. The van der Waals surface area contributed by atoms with Gasteiger partial charge in [0.05, 0.1) is 18.1 Å². The molecule has 1 aromatic carbocycles. The second-order valence-electron chi connectivity index (χ2n) is 3.16. The van der Waals surface area contributed by atoms with Crippen LogP contribution in [0.4, 0.5) is 5.69 Å². The summed E-state index contributed by atoms with van der Waals surface area (Å²) >= 11 is 5.89. The van der Waals surface area contributed by atoms with Crippen LogP contribution in [0.5, 0.6) is 0 Å². The number of non-ortho nitro benzene ring substituents is 1. The SMILES string of the molecule is C=CCCOCc1cc([N+](=O)[O-])ccc1Cl. The van der Waals surface area contributed by atoms with E-state index in [0.717, 1.165) is 6.42 Å². The first-order valence-electron chi connectivity index (χ1n) is 4.76. The predicted molar refractivity (Wildman–Crippen MR) is 62.6 cm³/mol. The number of nitrogens with zero attached hydrogens (tertiary/aromatic N) is 1. The van der Waals surface area contributed by atoms with E-state index in [1.54, 1.807) is 6.08 Å². The van der Waals surface area contributed by atoms with Gasteiger partial charge in [0.15, 0.2) is 0 Å². The van der Waals surface area contributed by atoms with Gasteiger partial charge in [-0.3, -0.25) is 10.1 Å². The van der Waals surface area contributed by atoms with Crippen molar-refractivity contribution in [2.24, 2.45) is 0 Å². The van der Waals surface area contributed by atoms with Gasteiger partial charge in [0.2, 0.25) is 0 Å². The second-order valence-corrected chi connectivity index (χ2v) is 3.57. The van der Waals surface area contributed by atoms with E-state index in [0.29, 0.717) is 17.2 Å². The summed E-state index contributed by atoms with van der Waals surface area (Å²) in [5.74, 6) is 0. The summed E-state index contributed by atoms with van der Waals surface area (Å²) in [6.07, 6.45) is 2.49. The van der Waals surface area contributed by atoms with Crippen LogP contribution in [0.1, 0.15) is 12.0 Å². The van der Waals surface area contributed by atoms with Crippen LogP contribution in [-0.4, -0.2) is 11.5 Å². The number of nitro benzene ring substituents is 1. The summed E-state index contributed by atoms with van der Waals surface area (Å²) in [7, 11) is 0. The summed E-state index contributed by atoms with van der Waals surface area (Å²) in [6.45, 7) is 4.37. The van der Waals surface area contributed by atoms with Gasteiger partial charge in [0.25, 0.3) is 5.69 Å². The number of halogens is 1. The van der Waals surface area contributed by atoms with Crippen molar-refractivity contribution < 1.29 is 9.66 Å². The molecule has 4 nitrogen and oxygen atoms in total. The fraction of sp³-hybridized carbons (Fsp3) is 0.273. The molecule has 0 aliphatic rings. The minimum Gasteiger partial charge on any atom is -0.376 e. The van der Waals surface area contributed by atoms with Crippen molar-refractivity contribution in [1.29, 1.82) is 0 Å². The molecule has 0 unspecified atom stereocenters. The normalized spacial score (nSPS) is 10.1. The van der Waals surface area contributed by atoms with Gasteiger partial charge < -0.3 is 4.74 Å². The molecule has 0 bridgehead atoms. The van der Waals surface area contributed by atoms with Crippen LogP contribution in [0, 0.1) is 10.1 Å². The molecule has 86 valence electrons. The Morgan fingerprint density at radius 3 is 2.94 bits per heavy atom. The molecular weight excluding hydrogens is 230 g/mol. The summed E-state index contributed by atoms with van der Waals surface area (Å²) < 4.78 is 5.30. The molecule has 0 N–H and O–H groups in total. The maximum atomic E-state index is 10.5. The Hall–Kier alpha value is -1.39. The number of hydrogen-bond acceptors (Lipinski definition) is 3. The fourth-order valence-corrected chi connectivity index (χ4v) is 1.31. The van der Waals surface area contributed by atoms with Crippen molar-refractivity contribution in [2.75, 3.05) is 6.61 Å². The predicted octanol–water partition coefficient (Wildman–Crippen LogP) is 3.34. The smallest absolute Gasteiger partial charge is 0.269 e. The molecule has 0 aromatic heterocycles. The van der Waals surface area contributed by atoms with Crippen LogP contribution in [0.3, 0.4) is 0 Å².